The van der Waals surface area contributed by atoms with Crippen LogP contribution in [0, 0.1) is 0 Å². The highest BCUT2D eigenvalue weighted by atomic mass is 16.5. The van der Waals surface area contributed by atoms with Crippen LogP contribution >= 0.6 is 0 Å². The number of aromatic nitrogens is 1. The van der Waals surface area contributed by atoms with Crippen molar-refractivity contribution in [3.63, 3.8) is 0 Å². The van der Waals surface area contributed by atoms with Gasteiger partial charge in [0.15, 0.2) is 0 Å². The van der Waals surface area contributed by atoms with Gasteiger partial charge in [-0.1, -0.05) is 20.3 Å². The molecule has 0 spiro atoms. The number of rotatable bonds is 3. The highest BCUT2D eigenvalue weighted by molar-refractivity contribution is 5.76. The van der Waals surface area contributed by atoms with Gasteiger partial charge in [0, 0.05) is 13.1 Å². The number of piperidine rings is 1. The van der Waals surface area contributed by atoms with Gasteiger partial charge in [-0.2, -0.15) is 0 Å². The first-order valence-electron chi connectivity index (χ1n) is 7.22. The van der Waals surface area contributed by atoms with Crippen molar-refractivity contribution in [1.82, 2.24) is 9.64 Å². The van der Waals surface area contributed by atoms with Crippen LogP contribution in [0.4, 0.5) is 4.79 Å². The molecule has 106 valence electrons. The number of amides is 1. The Morgan fingerprint density at radius 3 is 2.47 bits per heavy atom. The molecule has 0 saturated carbocycles. The molecular weight excluding hydrogens is 244 g/mol. The molecule has 5 nitrogen and oxygen atoms in total. The fourth-order valence-corrected chi connectivity index (χ4v) is 2.65. The summed E-state index contributed by atoms with van der Waals surface area (Å²) in [6.45, 7) is 5.48. The summed E-state index contributed by atoms with van der Waals surface area (Å²) in [6.07, 6.45) is 5.41. The third kappa shape index (κ3) is 2.74. The van der Waals surface area contributed by atoms with Crippen LogP contribution in [0.1, 0.15) is 50.8 Å². The van der Waals surface area contributed by atoms with Crippen molar-refractivity contribution in [2.75, 3.05) is 13.1 Å². The topological polar surface area (TPSA) is 55.5 Å². The first-order valence-corrected chi connectivity index (χ1v) is 7.22. The minimum atomic E-state index is -0.357. The Bertz CT molecular complexity index is 495. The normalized spacial score (nSPS) is 15.8. The predicted octanol–water partition coefficient (Wildman–Crippen LogP) is 2.41. The van der Waals surface area contributed by atoms with E-state index in [2.05, 4.69) is 0 Å². The number of hydrogen-bond acceptors (Lipinski definition) is 3. The van der Waals surface area contributed by atoms with Gasteiger partial charge in [-0.3, -0.25) is 0 Å². The van der Waals surface area contributed by atoms with Crippen molar-refractivity contribution in [3.05, 3.63) is 21.7 Å². The summed E-state index contributed by atoms with van der Waals surface area (Å²) in [7, 11) is 0. The zero-order valence-corrected chi connectivity index (χ0v) is 11.8. The highest BCUT2D eigenvalue weighted by Crippen LogP contribution is 2.14. The first-order chi connectivity index (χ1) is 9.19. The molecule has 2 rings (SSSR count). The van der Waals surface area contributed by atoms with Crippen LogP contribution in [0.15, 0.2) is 9.32 Å². The molecule has 1 amide bonds. The van der Waals surface area contributed by atoms with E-state index in [1.807, 2.05) is 13.8 Å². The van der Waals surface area contributed by atoms with Gasteiger partial charge in [-0.05, 0) is 32.1 Å². The highest BCUT2D eigenvalue weighted by Gasteiger charge is 2.24. The number of likely N-dealkylation sites (tertiary alicyclic amines) is 1. The van der Waals surface area contributed by atoms with E-state index in [1.165, 1.54) is 11.2 Å². The molecule has 0 bridgehead atoms. The number of hydrogen-bond donors (Lipinski definition) is 0. The average Bonchev–Trinajstić information content (AvgIpc) is 2.76. The molecule has 0 aromatic carbocycles. The van der Waals surface area contributed by atoms with Crippen molar-refractivity contribution in [3.8, 4) is 0 Å². The lowest BCUT2D eigenvalue weighted by atomic mass is 10.1. The Kier molecular flexibility index (Phi) is 4.45. The summed E-state index contributed by atoms with van der Waals surface area (Å²) in [6, 6.07) is -0.184. The quantitative estimate of drug-likeness (QED) is 0.844. The summed E-state index contributed by atoms with van der Waals surface area (Å²) >= 11 is 0. The molecule has 5 heteroatoms. The SMILES string of the molecule is CCCc1c(CC)n(C(=O)N2CCCCC2)oc1=O. The molecule has 19 heavy (non-hydrogen) atoms. The van der Waals surface area contributed by atoms with Gasteiger partial charge in [0.2, 0.25) is 0 Å². The van der Waals surface area contributed by atoms with E-state index >= 15 is 0 Å². The van der Waals surface area contributed by atoms with Gasteiger partial charge in [0.05, 0.1) is 11.3 Å². The maximum Gasteiger partial charge on any atom is 0.361 e. The molecule has 1 aromatic heterocycles. The molecular formula is C14H22N2O3. The van der Waals surface area contributed by atoms with Crippen LogP contribution in [-0.2, 0) is 12.8 Å². The maximum atomic E-state index is 12.4. The maximum absolute atomic E-state index is 12.4. The van der Waals surface area contributed by atoms with Crippen LogP contribution in [0.2, 0.25) is 0 Å². The molecule has 1 fully saturated rings. The van der Waals surface area contributed by atoms with Gasteiger partial charge in [-0.25, -0.2) is 9.59 Å². The summed E-state index contributed by atoms with van der Waals surface area (Å²) in [4.78, 5) is 26.0. The fraction of sp³-hybridized carbons (Fsp3) is 0.714. The minimum absolute atomic E-state index is 0.184. The Labute approximate surface area is 113 Å². The smallest absolute Gasteiger partial charge is 0.327 e. The monoisotopic (exact) mass is 266 g/mol. The Hall–Kier alpha value is -1.52. The zero-order chi connectivity index (χ0) is 13.8. The lowest BCUT2D eigenvalue weighted by Gasteiger charge is -2.26. The zero-order valence-electron chi connectivity index (χ0n) is 11.8. The lowest BCUT2D eigenvalue weighted by molar-refractivity contribution is 0.155. The van der Waals surface area contributed by atoms with Crippen LogP contribution in [-0.4, -0.2) is 28.8 Å². The average molecular weight is 266 g/mol. The molecule has 0 atom stereocenters. The van der Waals surface area contributed by atoms with E-state index in [0.29, 0.717) is 18.4 Å². The van der Waals surface area contributed by atoms with Crippen LogP contribution < -0.4 is 5.63 Å². The largest absolute Gasteiger partial charge is 0.361 e. The van der Waals surface area contributed by atoms with Crippen molar-refractivity contribution >= 4 is 6.03 Å². The second-order valence-electron chi connectivity index (χ2n) is 5.03. The third-order valence-electron chi connectivity index (χ3n) is 3.65. The van der Waals surface area contributed by atoms with Gasteiger partial charge in [0.25, 0.3) is 0 Å². The van der Waals surface area contributed by atoms with Crippen molar-refractivity contribution in [2.24, 2.45) is 0 Å². The van der Waals surface area contributed by atoms with Gasteiger partial charge in [-0.15, -0.1) is 4.74 Å². The number of carbonyl (C=O) groups excluding carboxylic acids is 1. The summed E-state index contributed by atoms with van der Waals surface area (Å²) in [5.74, 6) is 0. The number of nitrogens with zero attached hydrogens (tertiary/aromatic N) is 2. The van der Waals surface area contributed by atoms with Gasteiger partial charge < -0.3 is 9.42 Å². The second kappa shape index (κ2) is 6.08. The third-order valence-corrected chi connectivity index (χ3v) is 3.65. The molecule has 0 radical (unpaired) electrons. The van der Waals surface area contributed by atoms with Gasteiger partial charge >= 0.3 is 11.7 Å². The van der Waals surface area contributed by atoms with E-state index in [1.54, 1.807) is 4.90 Å². The summed E-state index contributed by atoms with van der Waals surface area (Å²) < 4.78 is 6.40. The van der Waals surface area contributed by atoms with Gasteiger partial charge in [0.1, 0.15) is 0 Å². The predicted molar refractivity (Wildman–Crippen MR) is 72.6 cm³/mol. The first kappa shape index (κ1) is 13.9. The van der Waals surface area contributed by atoms with E-state index in [9.17, 15) is 9.59 Å². The second-order valence-corrected chi connectivity index (χ2v) is 5.03. The van der Waals surface area contributed by atoms with E-state index in [4.69, 9.17) is 4.52 Å². The Balaban J connectivity index is 2.30. The fourth-order valence-electron chi connectivity index (χ4n) is 2.65. The molecule has 0 unspecified atom stereocenters. The minimum Gasteiger partial charge on any atom is -0.327 e. The summed E-state index contributed by atoms with van der Waals surface area (Å²) in [5, 5.41) is 0. The molecule has 0 N–H and O–H groups in total. The lowest BCUT2D eigenvalue weighted by Crippen LogP contribution is -2.39. The number of carbonyl (C=O) groups is 1. The summed E-state index contributed by atoms with van der Waals surface area (Å²) in [5.41, 5.74) is 1.04. The van der Waals surface area contributed by atoms with E-state index in [-0.39, 0.29) is 11.7 Å². The molecule has 1 saturated heterocycles. The van der Waals surface area contributed by atoms with Crippen LogP contribution in [0.5, 0.6) is 0 Å². The van der Waals surface area contributed by atoms with E-state index in [0.717, 1.165) is 38.0 Å². The molecule has 1 aliphatic rings. The Morgan fingerprint density at radius 2 is 1.89 bits per heavy atom. The van der Waals surface area contributed by atoms with Crippen molar-refractivity contribution < 1.29 is 9.32 Å². The van der Waals surface area contributed by atoms with Crippen LogP contribution in [0.25, 0.3) is 0 Å². The Morgan fingerprint density at radius 1 is 1.21 bits per heavy atom. The molecule has 1 aliphatic heterocycles. The molecule has 0 aliphatic carbocycles. The molecule has 2 heterocycles. The van der Waals surface area contributed by atoms with E-state index < -0.39 is 0 Å². The molecule has 1 aromatic rings. The van der Waals surface area contributed by atoms with Crippen molar-refractivity contribution in [1.29, 1.82) is 0 Å². The van der Waals surface area contributed by atoms with Crippen LogP contribution in [0.3, 0.4) is 0 Å². The van der Waals surface area contributed by atoms with Crippen molar-refractivity contribution in [2.45, 2.75) is 52.4 Å². The standard InChI is InChI=1S/C14H22N2O3/c1-3-8-11-12(4-2)16(19-13(11)17)14(18)15-9-6-5-7-10-15/h3-10H2,1-2H3.